The summed E-state index contributed by atoms with van der Waals surface area (Å²) in [6.45, 7) is 3.40. The van der Waals surface area contributed by atoms with E-state index in [1.54, 1.807) is 43.7 Å². The zero-order valence-corrected chi connectivity index (χ0v) is 20.2. The number of halogens is 3. The molecule has 0 radical (unpaired) electrons. The first-order valence-corrected chi connectivity index (χ1v) is 12.2. The molecule has 1 aliphatic heterocycles. The number of likely N-dealkylation sites (tertiary alicyclic amines) is 1. The lowest BCUT2D eigenvalue weighted by atomic mass is 10.0. The van der Waals surface area contributed by atoms with Crippen LogP contribution in [0.15, 0.2) is 35.7 Å². The number of hydrogen-bond donors (Lipinski definition) is 1. The van der Waals surface area contributed by atoms with Gasteiger partial charge in [-0.15, -0.1) is 11.3 Å². The van der Waals surface area contributed by atoms with Crippen LogP contribution < -0.4 is 9.47 Å². The Morgan fingerprint density at radius 3 is 2.38 bits per heavy atom. The average molecular weight is 501 g/mol. The van der Waals surface area contributed by atoms with Crippen molar-refractivity contribution in [2.24, 2.45) is 0 Å². The Morgan fingerprint density at radius 1 is 1.18 bits per heavy atom. The number of thiophene rings is 1. The predicted octanol–water partition coefficient (Wildman–Crippen LogP) is 4.42. The number of carbonyl (C=O) groups is 1. The zero-order chi connectivity index (χ0) is 24.7. The van der Waals surface area contributed by atoms with Crippen LogP contribution in [-0.2, 0) is 4.79 Å². The number of carbonyl (C=O) groups excluding carboxylic acids is 1. The third-order valence-corrected chi connectivity index (χ3v) is 7.04. The third kappa shape index (κ3) is 6.86. The SMILES string of the molecule is COc1ccc(OCCCN(C(=O)C(F)(F)F)[C@H](CN2CCCC2)[C@H](O)c2sccc2C)cc1. The van der Waals surface area contributed by atoms with Gasteiger partial charge in [0.05, 0.1) is 19.8 Å². The van der Waals surface area contributed by atoms with E-state index in [-0.39, 0.29) is 26.1 Å². The van der Waals surface area contributed by atoms with Gasteiger partial charge < -0.3 is 24.4 Å². The molecule has 2 aromatic rings. The van der Waals surface area contributed by atoms with Gasteiger partial charge in [0.15, 0.2) is 0 Å². The summed E-state index contributed by atoms with van der Waals surface area (Å²) >= 11 is 1.29. The number of aryl methyl sites for hydroxylation is 1. The van der Waals surface area contributed by atoms with Crippen molar-refractivity contribution >= 4 is 17.2 Å². The normalized spacial score (nSPS) is 16.3. The van der Waals surface area contributed by atoms with Crippen LogP contribution in [0, 0.1) is 6.92 Å². The molecule has 1 amide bonds. The fourth-order valence-corrected chi connectivity index (χ4v) is 5.11. The number of nitrogens with zero attached hydrogens (tertiary/aromatic N) is 2. The predicted molar refractivity (Wildman–Crippen MR) is 124 cm³/mol. The lowest BCUT2D eigenvalue weighted by Gasteiger charge is -2.37. The van der Waals surface area contributed by atoms with Crippen molar-refractivity contribution in [3.05, 3.63) is 46.2 Å². The summed E-state index contributed by atoms with van der Waals surface area (Å²) in [5, 5.41) is 12.9. The molecule has 1 aromatic carbocycles. The highest BCUT2D eigenvalue weighted by molar-refractivity contribution is 7.10. The first kappa shape index (κ1) is 26.3. The van der Waals surface area contributed by atoms with E-state index in [1.165, 1.54) is 11.3 Å². The molecule has 1 N–H and O–H groups in total. The molecule has 10 heteroatoms. The highest BCUT2D eigenvalue weighted by atomic mass is 32.1. The lowest BCUT2D eigenvalue weighted by Crippen LogP contribution is -2.54. The van der Waals surface area contributed by atoms with Crippen molar-refractivity contribution in [1.82, 2.24) is 9.80 Å². The van der Waals surface area contributed by atoms with Crippen molar-refractivity contribution in [2.45, 2.75) is 44.5 Å². The van der Waals surface area contributed by atoms with Crippen molar-refractivity contribution in [1.29, 1.82) is 0 Å². The molecule has 34 heavy (non-hydrogen) atoms. The maximum atomic E-state index is 13.6. The van der Waals surface area contributed by atoms with Crippen LogP contribution >= 0.6 is 11.3 Å². The monoisotopic (exact) mass is 500 g/mol. The van der Waals surface area contributed by atoms with Crippen molar-refractivity contribution in [3.63, 3.8) is 0 Å². The number of ether oxygens (including phenoxy) is 2. The summed E-state index contributed by atoms with van der Waals surface area (Å²) in [7, 11) is 1.55. The molecular formula is C24H31F3N2O4S. The molecule has 0 unspecified atom stereocenters. The van der Waals surface area contributed by atoms with Gasteiger partial charge in [0.25, 0.3) is 0 Å². The molecule has 0 bridgehead atoms. The van der Waals surface area contributed by atoms with Crippen LogP contribution in [0.1, 0.15) is 35.8 Å². The molecule has 6 nitrogen and oxygen atoms in total. The van der Waals surface area contributed by atoms with Gasteiger partial charge in [0, 0.05) is 18.0 Å². The second-order valence-electron chi connectivity index (χ2n) is 8.36. The number of aliphatic hydroxyl groups is 1. The molecule has 0 aliphatic carbocycles. The number of benzene rings is 1. The van der Waals surface area contributed by atoms with Gasteiger partial charge in [0.1, 0.15) is 17.6 Å². The maximum Gasteiger partial charge on any atom is 0.471 e. The molecule has 3 rings (SSSR count). The minimum atomic E-state index is -5.04. The van der Waals surface area contributed by atoms with Gasteiger partial charge in [-0.25, -0.2) is 0 Å². The van der Waals surface area contributed by atoms with Gasteiger partial charge in [-0.1, -0.05) is 0 Å². The Balaban J connectivity index is 1.75. The maximum absolute atomic E-state index is 13.6. The third-order valence-electron chi connectivity index (χ3n) is 5.95. The smallest absolute Gasteiger partial charge is 0.471 e. The van der Waals surface area contributed by atoms with Gasteiger partial charge in [-0.2, -0.15) is 13.2 Å². The van der Waals surface area contributed by atoms with E-state index in [0.717, 1.165) is 36.4 Å². The van der Waals surface area contributed by atoms with Crippen LogP contribution in [-0.4, -0.2) is 72.9 Å². The highest BCUT2D eigenvalue weighted by Crippen LogP contribution is 2.32. The van der Waals surface area contributed by atoms with Crippen LogP contribution in [0.4, 0.5) is 13.2 Å². The van der Waals surface area contributed by atoms with E-state index < -0.39 is 24.2 Å². The molecule has 0 spiro atoms. The first-order chi connectivity index (χ1) is 16.2. The summed E-state index contributed by atoms with van der Waals surface area (Å²) in [5.41, 5.74) is 0.797. The summed E-state index contributed by atoms with van der Waals surface area (Å²) in [5.74, 6) is -0.719. The van der Waals surface area contributed by atoms with Crippen molar-refractivity contribution in [3.8, 4) is 11.5 Å². The van der Waals surface area contributed by atoms with Gasteiger partial charge in [-0.05, 0) is 80.6 Å². The minimum Gasteiger partial charge on any atom is -0.497 e. The molecule has 2 heterocycles. The first-order valence-electron chi connectivity index (χ1n) is 11.3. The standard InChI is InChI=1S/C24H31F3N2O4S/c1-17-10-15-34-22(17)21(30)20(16-28-11-3-4-12-28)29(23(31)24(25,26)27)13-5-14-33-19-8-6-18(32-2)7-9-19/h6-10,15,20-21,30H,3-5,11-14,16H2,1-2H3/t20-,21+/m1/s1. The lowest BCUT2D eigenvalue weighted by molar-refractivity contribution is -0.190. The van der Waals surface area contributed by atoms with Crippen molar-refractivity contribution in [2.75, 3.05) is 39.9 Å². The van der Waals surface area contributed by atoms with Gasteiger partial charge in [0.2, 0.25) is 0 Å². The van der Waals surface area contributed by atoms with E-state index in [4.69, 9.17) is 9.47 Å². The van der Waals surface area contributed by atoms with Gasteiger partial charge in [-0.3, -0.25) is 4.79 Å². The molecule has 1 fully saturated rings. The van der Waals surface area contributed by atoms with E-state index in [2.05, 4.69) is 0 Å². The fourth-order valence-electron chi connectivity index (χ4n) is 4.14. The number of hydrogen-bond acceptors (Lipinski definition) is 6. The van der Waals surface area contributed by atoms with E-state index in [1.807, 2.05) is 11.0 Å². The van der Waals surface area contributed by atoms with Crippen LogP contribution in [0.5, 0.6) is 11.5 Å². The summed E-state index contributed by atoms with van der Waals surface area (Å²) < 4.78 is 51.5. The van der Waals surface area contributed by atoms with Crippen LogP contribution in [0.25, 0.3) is 0 Å². The number of rotatable bonds is 11. The Bertz CT molecular complexity index is 914. The molecule has 1 aromatic heterocycles. The van der Waals surface area contributed by atoms with E-state index in [9.17, 15) is 23.1 Å². The molecule has 1 saturated heterocycles. The fraction of sp³-hybridized carbons (Fsp3) is 0.542. The average Bonchev–Trinajstić information content (AvgIpc) is 3.48. The summed E-state index contributed by atoms with van der Waals surface area (Å²) in [4.78, 5) is 15.9. The molecule has 188 valence electrons. The number of methoxy groups -OCH3 is 1. The topological polar surface area (TPSA) is 62.2 Å². The number of alkyl halides is 3. The van der Waals surface area contributed by atoms with Gasteiger partial charge >= 0.3 is 12.1 Å². The molecule has 2 atom stereocenters. The second kappa shape index (κ2) is 11.9. The largest absolute Gasteiger partial charge is 0.497 e. The van der Waals surface area contributed by atoms with Crippen LogP contribution in [0.2, 0.25) is 0 Å². The van der Waals surface area contributed by atoms with E-state index >= 15 is 0 Å². The van der Waals surface area contributed by atoms with E-state index in [0.29, 0.717) is 16.4 Å². The second-order valence-corrected chi connectivity index (χ2v) is 9.31. The Labute approximate surface area is 201 Å². The summed E-state index contributed by atoms with van der Waals surface area (Å²) in [6.07, 6.45) is -4.17. The molecule has 1 aliphatic rings. The number of aliphatic hydroxyl groups excluding tert-OH is 1. The zero-order valence-electron chi connectivity index (χ0n) is 19.4. The Hall–Kier alpha value is -2.30. The Kier molecular flexibility index (Phi) is 9.21. The molecule has 0 saturated carbocycles. The highest BCUT2D eigenvalue weighted by Gasteiger charge is 2.46. The number of amides is 1. The Morgan fingerprint density at radius 2 is 1.82 bits per heavy atom. The van der Waals surface area contributed by atoms with Crippen LogP contribution in [0.3, 0.4) is 0 Å². The molecular weight excluding hydrogens is 469 g/mol. The quantitative estimate of drug-likeness (QED) is 0.463. The van der Waals surface area contributed by atoms with Crippen molar-refractivity contribution < 1.29 is 32.5 Å². The minimum absolute atomic E-state index is 0.124. The summed E-state index contributed by atoms with van der Waals surface area (Å²) in [6, 6.07) is 7.65.